The summed E-state index contributed by atoms with van der Waals surface area (Å²) in [6.07, 6.45) is 3.40. The quantitative estimate of drug-likeness (QED) is 0.383. The Labute approximate surface area is 209 Å². The van der Waals surface area contributed by atoms with Crippen LogP contribution in [0.15, 0.2) is 66.7 Å². The third-order valence-corrected chi connectivity index (χ3v) is 6.17. The van der Waals surface area contributed by atoms with Crippen LogP contribution in [0, 0.1) is 0 Å². The Bertz CT molecular complexity index is 1260. The van der Waals surface area contributed by atoms with Crippen molar-refractivity contribution < 1.29 is 23.8 Å². The standard InChI is InChI=1S/C27H28N4O5/c1-19(32)35-21-11-12-22(17-21)36-25-23-9-5-6-10-24(23)28-26(29-25)30-13-15-31(16-14-30)27(33)34-18-20-7-3-2-4-8-20/h2-12,21-22H,13-18H2,1H3. The highest BCUT2D eigenvalue weighted by Gasteiger charge is 2.27. The highest BCUT2D eigenvalue weighted by molar-refractivity contribution is 5.84. The number of piperazine rings is 1. The summed E-state index contributed by atoms with van der Waals surface area (Å²) in [5.74, 6) is 0.723. The van der Waals surface area contributed by atoms with Crippen LogP contribution >= 0.6 is 0 Å². The highest BCUT2D eigenvalue weighted by Crippen LogP contribution is 2.29. The Morgan fingerprint density at radius 1 is 0.917 bits per heavy atom. The van der Waals surface area contributed by atoms with Crippen molar-refractivity contribution in [2.45, 2.75) is 32.2 Å². The van der Waals surface area contributed by atoms with E-state index in [-0.39, 0.29) is 30.9 Å². The van der Waals surface area contributed by atoms with Crippen LogP contribution in [-0.2, 0) is 20.9 Å². The van der Waals surface area contributed by atoms with Crippen molar-refractivity contribution in [1.82, 2.24) is 14.9 Å². The molecule has 2 aliphatic rings. The minimum absolute atomic E-state index is 0.252. The lowest BCUT2D eigenvalue weighted by Crippen LogP contribution is -2.49. The Balaban J connectivity index is 1.24. The summed E-state index contributed by atoms with van der Waals surface area (Å²) in [4.78, 5) is 37.0. The molecule has 5 rings (SSSR count). The normalized spacial score (nSPS) is 19.4. The number of benzene rings is 2. The lowest BCUT2D eigenvalue weighted by Gasteiger charge is -2.34. The van der Waals surface area contributed by atoms with Gasteiger partial charge in [0.15, 0.2) is 0 Å². The predicted molar refractivity (Wildman–Crippen MR) is 134 cm³/mol. The summed E-state index contributed by atoms with van der Waals surface area (Å²) in [5, 5.41) is 0.814. The van der Waals surface area contributed by atoms with Gasteiger partial charge in [0.1, 0.15) is 18.8 Å². The van der Waals surface area contributed by atoms with Crippen LogP contribution in [-0.4, -0.2) is 65.3 Å². The number of hydrogen-bond donors (Lipinski definition) is 0. The molecule has 0 radical (unpaired) electrons. The Hall–Kier alpha value is -4.14. The van der Waals surface area contributed by atoms with Crippen LogP contribution in [0.3, 0.4) is 0 Å². The van der Waals surface area contributed by atoms with Gasteiger partial charge in [0.25, 0.3) is 0 Å². The van der Waals surface area contributed by atoms with E-state index in [0.29, 0.717) is 44.4 Å². The molecule has 0 saturated carbocycles. The van der Waals surface area contributed by atoms with E-state index >= 15 is 0 Å². The lowest BCUT2D eigenvalue weighted by atomic mass is 10.2. The number of rotatable bonds is 6. The topological polar surface area (TPSA) is 94.1 Å². The SMILES string of the molecule is CC(=O)OC1C=CC(Oc2nc(N3CCN(C(=O)OCc4ccccc4)CC3)nc3ccccc23)C1. The Morgan fingerprint density at radius 2 is 1.64 bits per heavy atom. The Kier molecular flexibility index (Phi) is 6.97. The van der Waals surface area contributed by atoms with Crippen molar-refractivity contribution in [2.24, 2.45) is 0 Å². The third kappa shape index (κ3) is 5.56. The van der Waals surface area contributed by atoms with E-state index in [0.717, 1.165) is 16.5 Å². The third-order valence-electron chi connectivity index (χ3n) is 6.17. The maximum absolute atomic E-state index is 12.5. The number of para-hydroxylation sites is 1. The van der Waals surface area contributed by atoms with Crippen LogP contribution in [0.25, 0.3) is 10.9 Å². The fourth-order valence-electron chi connectivity index (χ4n) is 4.33. The molecule has 0 spiro atoms. The van der Waals surface area contributed by atoms with E-state index < -0.39 is 0 Å². The maximum atomic E-state index is 12.5. The van der Waals surface area contributed by atoms with Gasteiger partial charge in [-0.05, 0) is 29.8 Å². The molecule has 2 atom stereocenters. The summed E-state index contributed by atoms with van der Waals surface area (Å²) in [7, 11) is 0. The molecule has 1 aliphatic heterocycles. The second-order valence-corrected chi connectivity index (χ2v) is 8.78. The molecule has 2 heterocycles. The van der Waals surface area contributed by atoms with E-state index in [1.54, 1.807) is 4.90 Å². The number of carbonyl (C=O) groups is 2. The van der Waals surface area contributed by atoms with Crippen molar-refractivity contribution in [2.75, 3.05) is 31.1 Å². The highest BCUT2D eigenvalue weighted by atomic mass is 16.6. The molecule has 1 saturated heterocycles. The van der Waals surface area contributed by atoms with Gasteiger partial charge >= 0.3 is 12.1 Å². The summed E-state index contributed by atoms with van der Waals surface area (Å²) in [6.45, 7) is 3.83. The monoisotopic (exact) mass is 488 g/mol. The van der Waals surface area contributed by atoms with Gasteiger partial charge in [-0.25, -0.2) is 9.78 Å². The first-order chi connectivity index (χ1) is 17.5. The van der Waals surface area contributed by atoms with Crippen LogP contribution in [0.5, 0.6) is 5.88 Å². The largest absolute Gasteiger partial charge is 0.469 e. The molecule has 3 aromatic rings. The zero-order valence-corrected chi connectivity index (χ0v) is 20.1. The molecule has 9 nitrogen and oxygen atoms in total. The summed E-state index contributed by atoms with van der Waals surface area (Å²) in [6, 6.07) is 17.3. The van der Waals surface area contributed by atoms with E-state index in [2.05, 4.69) is 0 Å². The van der Waals surface area contributed by atoms with E-state index in [1.165, 1.54) is 6.92 Å². The predicted octanol–water partition coefficient (Wildman–Crippen LogP) is 3.73. The molecule has 36 heavy (non-hydrogen) atoms. The fraction of sp³-hybridized carbons (Fsp3) is 0.333. The van der Waals surface area contributed by atoms with Crippen LogP contribution in [0.1, 0.15) is 18.9 Å². The van der Waals surface area contributed by atoms with E-state index in [4.69, 9.17) is 24.2 Å². The van der Waals surface area contributed by atoms with E-state index in [9.17, 15) is 9.59 Å². The number of ether oxygens (including phenoxy) is 3. The van der Waals surface area contributed by atoms with Gasteiger partial charge in [-0.15, -0.1) is 0 Å². The molecule has 186 valence electrons. The molecule has 1 aromatic heterocycles. The molecule has 1 amide bonds. The van der Waals surface area contributed by atoms with Gasteiger partial charge in [-0.1, -0.05) is 42.5 Å². The molecule has 1 aliphatic carbocycles. The van der Waals surface area contributed by atoms with Crippen molar-refractivity contribution >= 4 is 28.9 Å². The summed E-state index contributed by atoms with van der Waals surface area (Å²) < 4.78 is 17.0. The molecule has 0 bridgehead atoms. The molecule has 2 unspecified atom stereocenters. The number of amides is 1. The van der Waals surface area contributed by atoms with Crippen LogP contribution in [0.4, 0.5) is 10.7 Å². The minimum atomic E-state index is -0.322. The second kappa shape index (κ2) is 10.6. The molecule has 1 fully saturated rings. The van der Waals surface area contributed by atoms with Crippen molar-refractivity contribution in [3.8, 4) is 5.88 Å². The minimum Gasteiger partial charge on any atom is -0.469 e. The zero-order chi connectivity index (χ0) is 24.9. The number of nitrogens with zero attached hydrogens (tertiary/aromatic N) is 4. The lowest BCUT2D eigenvalue weighted by molar-refractivity contribution is -0.144. The van der Waals surface area contributed by atoms with Crippen LogP contribution < -0.4 is 9.64 Å². The van der Waals surface area contributed by atoms with Crippen molar-refractivity contribution in [3.63, 3.8) is 0 Å². The fourth-order valence-corrected chi connectivity index (χ4v) is 4.33. The van der Waals surface area contributed by atoms with Crippen molar-refractivity contribution in [1.29, 1.82) is 0 Å². The average molecular weight is 489 g/mol. The molecular weight excluding hydrogens is 460 g/mol. The molecular formula is C27H28N4O5. The second-order valence-electron chi connectivity index (χ2n) is 8.78. The molecule has 2 aromatic carbocycles. The number of aromatic nitrogens is 2. The number of hydrogen-bond acceptors (Lipinski definition) is 8. The smallest absolute Gasteiger partial charge is 0.410 e. The zero-order valence-electron chi connectivity index (χ0n) is 20.1. The first kappa shape index (κ1) is 23.6. The summed E-state index contributed by atoms with van der Waals surface area (Å²) >= 11 is 0. The van der Waals surface area contributed by atoms with Gasteiger partial charge < -0.3 is 24.0 Å². The molecule has 0 N–H and O–H groups in total. The number of esters is 1. The van der Waals surface area contributed by atoms with Gasteiger partial charge in [0.2, 0.25) is 11.8 Å². The number of anilines is 1. The first-order valence-electron chi connectivity index (χ1n) is 12.0. The van der Waals surface area contributed by atoms with E-state index in [1.807, 2.05) is 71.6 Å². The average Bonchev–Trinajstić information content (AvgIpc) is 3.33. The maximum Gasteiger partial charge on any atom is 0.410 e. The van der Waals surface area contributed by atoms with Crippen LogP contribution in [0.2, 0.25) is 0 Å². The van der Waals surface area contributed by atoms with Crippen molar-refractivity contribution in [3.05, 3.63) is 72.3 Å². The van der Waals surface area contributed by atoms with Gasteiger partial charge in [-0.2, -0.15) is 4.98 Å². The number of carbonyl (C=O) groups excluding carboxylic acids is 2. The Morgan fingerprint density at radius 3 is 2.42 bits per heavy atom. The first-order valence-corrected chi connectivity index (χ1v) is 12.0. The summed E-state index contributed by atoms with van der Waals surface area (Å²) in [5.41, 5.74) is 1.73. The molecule has 9 heteroatoms. The number of fused-ring (bicyclic) bond motifs is 1. The van der Waals surface area contributed by atoms with Gasteiger partial charge in [-0.3, -0.25) is 4.79 Å². The van der Waals surface area contributed by atoms with Gasteiger partial charge in [0.05, 0.1) is 10.9 Å². The van der Waals surface area contributed by atoms with Gasteiger partial charge in [0, 0.05) is 39.5 Å².